The molecule has 1 aliphatic rings. The zero-order valence-electron chi connectivity index (χ0n) is 14.1. The van der Waals surface area contributed by atoms with Crippen LogP contribution in [0.25, 0.3) is 0 Å². The van der Waals surface area contributed by atoms with Crippen LogP contribution in [0.1, 0.15) is 15.9 Å². The van der Waals surface area contributed by atoms with Crippen LogP contribution in [0.3, 0.4) is 0 Å². The first-order valence-electron chi connectivity index (χ1n) is 8.15. The molecule has 0 fully saturated rings. The number of benzene rings is 2. The maximum atomic E-state index is 12.5. The number of nitriles is 1. The molecule has 0 saturated carbocycles. The molecular formula is C20H14N4O3. The van der Waals surface area contributed by atoms with Gasteiger partial charge in [-0.3, -0.25) is 4.79 Å². The molecule has 1 aromatic heterocycles. The number of carbonyl (C=O) groups excluding carboxylic acids is 1. The van der Waals surface area contributed by atoms with Gasteiger partial charge in [0.1, 0.15) is 5.82 Å². The number of hydrogen-bond acceptors (Lipinski definition) is 6. The molecule has 132 valence electrons. The molecule has 2 heterocycles. The lowest BCUT2D eigenvalue weighted by Crippen LogP contribution is -2.12. The Morgan fingerprint density at radius 2 is 1.93 bits per heavy atom. The van der Waals surface area contributed by atoms with Gasteiger partial charge in [-0.15, -0.1) is 0 Å². The average Bonchev–Trinajstić information content (AvgIpc) is 3.16. The fourth-order valence-electron chi connectivity index (χ4n) is 2.63. The summed E-state index contributed by atoms with van der Waals surface area (Å²) < 4.78 is 10.6. The Hall–Kier alpha value is -4.05. The highest BCUT2D eigenvalue weighted by Gasteiger charge is 2.15. The summed E-state index contributed by atoms with van der Waals surface area (Å²) in [5.41, 5.74) is 2.31. The fraction of sp³-hybridized carbons (Fsp3) is 0.0500. The normalized spacial score (nSPS) is 11.5. The van der Waals surface area contributed by atoms with Gasteiger partial charge in [-0.25, -0.2) is 4.98 Å². The van der Waals surface area contributed by atoms with Crippen molar-refractivity contribution in [2.45, 2.75) is 0 Å². The molecule has 27 heavy (non-hydrogen) atoms. The van der Waals surface area contributed by atoms with E-state index < -0.39 is 0 Å². The number of nitrogens with one attached hydrogen (secondary N) is 2. The van der Waals surface area contributed by atoms with E-state index in [4.69, 9.17) is 14.7 Å². The number of carbonyl (C=O) groups is 1. The van der Waals surface area contributed by atoms with Gasteiger partial charge < -0.3 is 20.1 Å². The third-order valence-electron chi connectivity index (χ3n) is 3.92. The predicted octanol–water partition coefficient (Wildman–Crippen LogP) is 3.68. The van der Waals surface area contributed by atoms with E-state index >= 15 is 0 Å². The zero-order valence-corrected chi connectivity index (χ0v) is 14.1. The smallest absolute Gasteiger partial charge is 0.255 e. The number of ether oxygens (including phenoxy) is 2. The van der Waals surface area contributed by atoms with Crippen LogP contribution < -0.4 is 20.1 Å². The lowest BCUT2D eigenvalue weighted by atomic mass is 10.2. The van der Waals surface area contributed by atoms with Crippen LogP contribution in [0.5, 0.6) is 11.5 Å². The van der Waals surface area contributed by atoms with Crippen molar-refractivity contribution in [2.75, 3.05) is 17.4 Å². The molecule has 3 aromatic rings. The molecule has 2 N–H and O–H groups in total. The highest BCUT2D eigenvalue weighted by atomic mass is 16.7. The highest BCUT2D eigenvalue weighted by molar-refractivity contribution is 6.04. The summed E-state index contributed by atoms with van der Waals surface area (Å²) in [7, 11) is 0. The van der Waals surface area contributed by atoms with Crippen molar-refractivity contribution in [1.29, 1.82) is 5.26 Å². The molecule has 0 spiro atoms. The first-order valence-corrected chi connectivity index (χ1v) is 8.15. The van der Waals surface area contributed by atoms with Crippen molar-refractivity contribution in [3.05, 3.63) is 71.9 Å². The standard InChI is InChI=1S/C20H14N4O3/c21-11-13-2-1-3-15(8-13)23-19-9-14(6-7-22-19)20(25)24-16-4-5-17-18(10-16)27-12-26-17/h1-10H,12H2,(H,22,23)(H,24,25). The largest absolute Gasteiger partial charge is 0.454 e. The Kier molecular flexibility index (Phi) is 4.29. The second-order valence-electron chi connectivity index (χ2n) is 5.77. The molecule has 0 unspecified atom stereocenters. The second kappa shape index (κ2) is 7.06. The second-order valence-corrected chi connectivity index (χ2v) is 5.77. The van der Waals surface area contributed by atoms with Gasteiger partial charge in [-0.2, -0.15) is 5.26 Å². The van der Waals surface area contributed by atoms with Gasteiger partial charge in [-0.1, -0.05) is 6.07 Å². The van der Waals surface area contributed by atoms with Gasteiger partial charge >= 0.3 is 0 Å². The topological polar surface area (TPSA) is 96.3 Å². The summed E-state index contributed by atoms with van der Waals surface area (Å²) in [6, 6.07) is 17.6. The molecule has 2 aromatic carbocycles. The molecule has 1 aliphatic heterocycles. The van der Waals surface area contributed by atoms with E-state index in [1.807, 2.05) is 6.07 Å². The summed E-state index contributed by atoms with van der Waals surface area (Å²) >= 11 is 0. The third kappa shape index (κ3) is 3.65. The van der Waals surface area contributed by atoms with Gasteiger partial charge in [-0.05, 0) is 42.5 Å². The van der Waals surface area contributed by atoms with Crippen LogP contribution in [0.2, 0.25) is 0 Å². The molecule has 7 heteroatoms. The highest BCUT2D eigenvalue weighted by Crippen LogP contribution is 2.34. The first-order chi connectivity index (χ1) is 13.2. The minimum absolute atomic E-state index is 0.180. The van der Waals surface area contributed by atoms with Crippen molar-refractivity contribution in [3.63, 3.8) is 0 Å². The van der Waals surface area contributed by atoms with Crippen molar-refractivity contribution in [3.8, 4) is 17.6 Å². The fourth-order valence-corrected chi connectivity index (χ4v) is 2.63. The molecule has 0 saturated heterocycles. The third-order valence-corrected chi connectivity index (χ3v) is 3.92. The van der Waals surface area contributed by atoms with Crippen LogP contribution in [0, 0.1) is 11.3 Å². The van der Waals surface area contributed by atoms with Crippen LogP contribution in [0.4, 0.5) is 17.2 Å². The van der Waals surface area contributed by atoms with Crippen LogP contribution >= 0.6 is 0 Å². The minimum Gasteiger partial charge on any atom is -0.454 e. The van der Waals surface area contributed by atoms with E-state index in [0.29, 0.717) is 34.1 Å². The van der Waals surface area contributed by atoms with E-state index in [-0.39, 0.29) is 12.7 Å². The zero-order chi connectivity index (χ0) is 18.6. The van der Waals surface area contributed by atoms with Gasteiger partial charge in [0.25, 0.3) is 5.91 Å². The number of fused-ring (bicyclic) bond motifs is 1. The average molecular weight is 358 g/mol. The number of rotatable bonds is 4. The maximum Gasteiger partial charge on any atom is 0.255 e. The summed E-state index contributed by atoms with van der Waals surface area (Å²) in [5.74, 6) is 1.48. The van der Waals surface area contributed by atoms with E-state index in [0.717, 1.165) is 5.69 Å². The monoisotopic (exact) mass is 358 g/mol. The SMILES string of the molecule is N#Cc1cccc(Nc2cc(C(=O)Nc3ccc4c(c3)OCO4)ccn2)c1. The molecular weight excluding hydrogens is 344 g/mol. The molecule has 0 radical (unpaired) electrons. The van der Waals surface area contributed by atoms with Gasteiger partial charge in [0, 0.05) is 29.2 Å². The van der Waals surface area contributed by atoms with E-state index in [1.54, 1.807) is 54.7 Å². The van der Waals surface area contributed by atoms with Gasteiger partial charge in [0.15, 0.2) is 11.5 Å². The summed E-state index contributed by atoms with van der Waals surface area (Å²) in [6.07, 6.45) is 1.55. The van der Waals surface area contributed by atoms with Crippen molar-refractivity contribution < 1.29 is 14.3 Å². The number of aromatic nitrogens is 1. The molecule has 0 bridgehead atoms. The number of anilines is 3. The Balaban J connectivity index is 1.50. The Labute approximate surface area is 155 Å². The van der Waals surface area contributed by atoms with E-state index in [1.165, 1.54) is 0 Å². The predicted molar refractivity (Wildman–Crippen MR) is 99.2 cm³/mol. The molecule has 1 amide bonds. The van der Waals surface area contributed by atoms with E-state index in [2.05, 4.69) is 21.7 Å². The summed E-state index contributed by atoms with van der Waals surface area (Å²) in [5, 5.41) is 14.9. The Bertz CT molecular complexity index is 1060. The lowest BCUT2D eigenvalue weighted by Gasteiger charge is -2.09. The number of hydrogen-bond donors (Lipinski definition) is 2. The van der Waals surface area contributed by atoms with Crippen molar-refractivity contribution >= 4 is 23.1 Å². The minimum atomic E-state index is -0.273. The van der Waals surface area contributed by atoms with Crippen molar-refractivity contribution in [1.82, 2.24) is 4.98 Å². The number of amides is 1. The maximum absolute atomic E-state index is 12.5. The first kappa shape index (κ1) is 16.4. The number of pyridine rings is 1. The van der Waals surface area contributed by atoms with Crippen LogP contribution in [-0.2, 0) is 0 Å². The Morgan fingerprint density at radius 3 is 2.81 bits per heavy atom. The summed E-state index contributed by atoms with van der Waals surface area (Å²) in [6.45, 7) is 0.180. The van der Waals surface area contributed by atoms with Crippen molar-refractivity contribution in [2.24, 2.45) is 0 Å². The number of nitrogens with zero attached hydrogens (tertiary/aromatic N) is 2. The Morgan fingerprint density at radius 1 is 1.04 bits per heavy atom. The van der Waals surface area contributed by atoms with Crippen LogP contribution in [0.15, 0.2) is 60.8 Å². The molecule has 4 rings (SSSR count). The molecule has 0 atom stereocenters. The van der Waals surface area contributed by atoms with Gasteiger partial charge in [0.2, 0.25) is 6.79 Å². The van der Waals surface area contributed by atoms with Gasteiger partial charge in [0.05, 0.1) is 11.6 Å². The quantitative estimate of drug-likeness (QED) is 0.738. The van der Waals surface area contributed by atoms with Crippen LogP contribution in [-0.4, -0.2) is 17.7 Å². The molecule has 7 nitrogen and oxygen atoms in total. The summed E-state index contributed by atoms with van der Waals surface area (Å²) in [4.78, 5) is 16.8. The molecule has 0 aliphatic carbocycles. The van der Waals surface area contributed by atoms with E-state index in [9.17, 15) is 4.79 Å². The lowest BCUT2D eigenvalue weighted by molar-refractivity contribution is 0.102.